The van der Waals surface area contributed by atoms with Gasteiger partial charge in [-0.05, 0) is 0 Å². The van der Waals surface area contributed by atoms with Crippen molar-refractivity contribution < 1.29 is 19.5 Å². The molecule has 0 saturated heterocycles. The van der Waals surface area contributed by atoms with Gasteiger partial charge in [-0.3, -0.25) is 0 Å². The molecule has 0 aromatic carbocycles. The van der Waals surface area contributed by atoms with Crippen LogP contribution in [0.5, 0.6) is 0 Å². The van der Waals surface area contributed by atoms with E-state index in [4.69, 9.17) is 0 Å². The van der Waals surface area contributed by atoms with Crippen molar-refractivity contribution >= 4 is 17.4 Å². The van der Waals surface area contributed by atoms with Gasteiger partial charge in [0.2, 0.25) is 0 Å². The fraction of sp³-hybridized carbons (Fsp3) is 1.00. The summed E-state index contributed by atoms with van der Waals surface area (Å²) in [6.45, 7) is 0. The monoisotopic (exact) mass is 164 g/mol. The quantitative estimate of drug-likeness (QED) is 0.460. The van der Waals surface area contributed by atoms with Gasteiger partial charge in [0.1, 0.15) is 0 Å². The first-order chi connectivity index (χ1) is 1.41. The zero-order valence-corrected chi connectivity index (χ0v) is 9.35. The summed E-state index contributed by atoms with van der Waals surface area (Å²) in [6.07, 6.45) is 0. The molecule has 0 N–H and O–H groups in total. The molecule has 4 heavy (non-hydrogen) atoms. The topological polar surface area (TPSA) is 0 Å². The third-order valence-corrected chi connectivity index (χ3v) is 0. The normalized spacial score (nSPS) is 3.50. The maximum absolute atomic E-state index is 2.31. The summed E-state index contributed by atoms with van der Waals surface area (Å²) >= 11 is 0.125. The zero-order chi connectivity index (χ0) is 2.71. The van der Waals surface area contributed by atoms with Gasteiger partial charge in [-0.15, -0.1) is 0 Å². The molecule has 0 amide bonds. The van der Waals surface area contributed by atoms with E-state index in [2.05, 4.69) is 11.0 Å². The summed E-state index contributed by atoms with van der Waals surface area (Å²) in [7, 11) is 0. The second-order valence-corrected chi connectivity index (χ2v) is 3.67. The molecule has 0 aromatic rings. The molecule has 0 heterocycles. The molecule has 0 nitrogen and oxygen atoms in total. The van der Waals surface area contributed by atoms with E-state index in [9.17, 15) is 0 Å². The third-order valence-electron chi connectivity index (χ3n) is 0. The van der Waals surface area contributed by atoms with Crippen LogP contribution in [-0.4, -0.2) is 17.4 Å². The van der Waals surface area contributed by atoms with Gasteiger partial charge in [-0.2, -0.15) is 0 Å². The number of hydrogen-bond acceptors (Lipinski definition) is 0. The average molecular weight is 166 g/mol. The first kappa shape index (κ1) is 8.98. The van der Waals surface area contributed by atoms with E-state index in [1.54, 1.807) is 0 Å². The standard InChI is InChI=1S/2CH3.Ga.Zn.H/h2*1H3;;;. The van der Waals surface area contributed by atoms with Crippen LogP contribution in [0.4, 0.5) is 0 Å². The number of hydrogen-bond donors (Lipinski definition) is 0. The predicted molar refractivity (Wildman–Crippen MR) is 18.9 cm³/mol. The molecule has 0 rings (SSSR count). The molecule has 0 aliphatic heterocycles. The number of rotatable bonds is 0. The van der Waals surface area contributed by atoms with Gasteiger partial charge in [0, 0.05) is 19.5 Å². The van der Waals surface area contributed by atoms with E-state index in [1.807, 2.05) is 0 Å². The van der Waals surface area contributed by atoms with E-state index in [-0.39, 0.29) is 36.9 Å². The molecule has 0 atom stereocenters. The Hall–Kier alpha value is 1.26. The maximum Gasteiger partial charge on any atom is 0 e. The van der Waals surface area contributed by atoms with Gasteiger partial charge in [0.15, 0.2) is 0 Å². The van der Waals surface area contributed by atoms with Gasteiger partial charge in [-0.1, -0.05) is 0 Å². The molecule has 2 heteroatoms. The molecule has 0 unspecified atom stereocenters. The van der Waals surface area contributed by atoms with Crippen LogP contribution in [0, 0.1) is 0 Å². The molecule has 0 aliphatic carbocycles. The summed E-state index contributed by atoms with van der Waals surface area (Å²) in [5.41, 5.74) is 4.62. The van der Waals surface area contributed by atoms with Gasteiger partial charge in [0.25, 0.3) is 0 Å². The van der Waals surface area contributed by atoms with Gasteiger partial charge >= 0.3 is 28.4 Å². The summed E-state index contributed by atoms with van der Waals surface area (Å²) in [5, 5.41) is 0. The minimum atomic E-state index is 0. The second kappa shape index (κ2) is 8.86. The molecule has 0 fully saturated rings. The van der Waals surface area contributed by atoms with Crippen molar-refractivity contribution in [3.63, 3.8) is 0 Å². The van der Waals surface area contributed by atoms with Crippen molar-refractivity contribution in [2.24, 2.45) is 0 Å². The first-order valence-electron chi connectivity index (χ1n) is 1.41. The van der Waals surface area contributed by atoms with Crippen molar-refractivity contribution in [1.82, 2.24) is 0 Å². The Balaban J connectivity index is 0. The van der Waals surface area contributed by atoms with Gasteiger partial charge in [-0.25, -0.2) is 0 Å². The molecule has 0 spiro atoms. The molecule has 0 aromatic heterocycles. The zero-order valence-electron chi connectivity index (χ0n) is 3.41. The molecule has 0 saturated carbocycles. The van der Waals surface area contributed by atoms with Gasteiger partial charge in [0.05, 0.1) is 0 Å². The van der Waals surface area contributed by atoms with E-state index in [0.717, 1.165) is 0 Å². The van der Waals surface area contributed by atoms with E-state index < -0.39 is 0 Å². The maximum atomic E-state index is 2.31. The Bertz CT molecular complexity index is 6.00. The minimum Gasteiger partial charge on any atom is 0 e. The summed E-state index contributed by atoms with van der Waals surface area (Å²) in [6, 6.07) is 0. The van der Waals surface area contributed by atoms with Crippen molar-refractivity contribution in [3.8, 4) is 0 Å². The van der Waals surface area contributed by atoms with Gasteiger partial charge < -0.3 is 0 Å². The Morgan fingerprint density at radius 3 is 1.25 bits per heavy atom. The van der Waals surface area contributed by atoms with Crippen LogP contribution in [0.2, 0.25) is 11.0 Å². The molecule has 0 radical (unpaired) electrons. The van der Waals surface area contributed by atoms with Crippen LogP contribution < -0.4 is 0 Å². The van der Waals surface area contributed by atoms with E-state index >= 15 is 0 Å². The summed E-state index contributed by atoms with van der Waals surface area (Å²) < 4.78 is 0. The van der Waals surface area contributed by atoms with Crippen LogP contribution in [-0.2, 0) is 19.5 Å². The van der Waals surface area contributed by atoms with Crippen LogP contribution in [0.15, 0.2) is 0 Å². The van der Waals surface area contributed by atoms with Crippen molar-refractivity contribution in [2.75, 3.05) is 0 Å². The van der Waals surface area contributed by atoms with Crippen LogP contribution in [0.3, 0.4) is 0 Å². The second-order valence-electron chi connectivity index (χ2n) is 0.707. The Morgan fingerprint density at radius 1 is 1.25 bits per heavy atom. The third kappa shape index (κ3) is 10.5. The van der Waals surface area contributed by atoms with Crippen molar-refractivity contribution in [2.45, 2.75) is 11.0 Å². The first-order valence-corrected chi connectivity index (χ1v) is 7.35. The fourth-order valence-corrected chi connectivity index (χ4v) is 0. The van der Waals surface area contributed by atoms with Crippen molar-refractivity contribution in [1.29, 1.82) is 0 Å². The predicted octanol–water partition coefficient (Wildman–Crippen LogP) is 0.517. The SMILES string of the molecule is [CH3][GaH][CH3].[Zn]. The largest absolute Gasteiger partial charge is 0 e. The molecule has 0 bridgehead atoms. The smallest absolute Gasteiger partial charge is 0 e. The molecular weight excluding hydrogens is 159 g/mol. The Labute approximate surface area is 47.9 Å². The van der Waals surface area contributed by atoms with Crippen molar-refractivity contribution in [3.05, 3.63) is 0 Å². The van der Waals surface area contributed by atoms with Crippen LogP contribution in [0.1, 0.15) is 0 Å². The van der Waals surface area contributed by atoms with Crippen LogP contribution >= 0.6 is 0 Å². The molecule has 20 valence electrons. The minimum absolute atomic E-state index is 0. The Kier molecular flexibility index (Phi) is 19.9. The fourth-order valence-electron chi connectivity index (χ4n) is 0. The van der Waals surface area contributed by atoms with Crippen LogP contribution in [0.25, 0.3) is 0 Å². The summed E-state index contributed by atoms with van der Waals surface area (Å²) in [5.74, 6) is 0. The summed E-state index contributed by atoms with van der Waals surface area (Å²) in [4.78, 5) is 0. The van der Waals surface area contributed by atoms with E-state index in [0.29, 0.717) is 0 Å². The molecular formula is C2H7GaZn. The Morgan fingerprint density at radius 2 is 1.25 bits per heavy atom. The molecule has 0 aliphatic rings. The average Bonchev–Trinajstić information content (AvgIpc) is 0.918. The van der Waals surface area contributed by atoms with E-state index in [1.165, 1.54) is 0 Å².